The van der Waals surface area contributed by atoms with Crippen molar-refractivity contribution in [1.29, 1.82) is 0 Å². The molecule has 0 heterocycles. The number of aliphatic hydroxyl groups is 1. The van der Waals surface area contributed by atoms with Crippen LogP contribution in [0.15, 0.2) is 6.07 Å². The van der Waals surface area contributed by atoms with E-state index in [0.29, 0.717) is 16.1 Å². The molecule has 0 saturated heterocycles. The normalized spacial score (nSPS) is 14.6. The minimum atomic E-state index is -0.953. The van der Waals surface area contributed by atoms with Gasteiger partial charge in [-0.3, -0.25) is 0 Å². The molecule has 4 N–H and O–H groups in total. The van der Waals surface area contributed by atoms with Gasteiger partial charge in [-0.05, 0) is 25.5 Å². The second-order valence-corrected chi connectivity index (χ2v) is 4.18. The lowest BCUT2D eigenvalue weighted by molar-refractivity contribution is 0.148. The Morgan fingerprint density at radius 1 is 1.50 bits per heavy atom. The van der Waals surface area contributed by atoms with E-state index in [-0.39, 0.29) is 11.5 Å². The summed E-state index contributed by atoms with van der Waals surface area (Å²) >= 11 is 5.89. The van der Waals surface area contributed by atoms with Gasteiger partial charge in [-0.25, -0.2) is 0 Å². The van der Waals surface area contributed by atoms with Crippen molar-refractivity contribution < 1.29 is 14.9 Å². The Bertz CT molecular complexity index is 393. The van der Waals surface area contributed by atoms with E-state index in [0.717, 1.165) is 0 Å². The Labute approximate surface area is 99.6 Å². The third-order valence-corrected chi connectivity index (χ3v) is 2.73. The lowest BCUT2D eigenvalue weighted by Gasteiger charge is -2.20. The van der Waals surface area contributed by atoms with E-state index in [9.17, 15) is 10.2 Å². The molecular formula is C11H16ClNO3. The summed E-state index contributed by atoms with van der Waals surface area (Å²) < 4.78 is 4.97. The highest BCUT2D eigenvalue weighted by atomic mass is 35.5. The molecule has 1 aromatic rings. The minimum absolute atomic E-state index is 0.155. The van der Waals surface area contributed by atoms with Crippen LogP contribution in [0.5, 0.6) is 11.5 Å². The third-order valence-electron chi connectivity index (χ3n) is 2.45. The van der Waals surface area contributed by atoms with Gasteiger partial charge in [0.1, 0.15) is 0 Å². The van der Waals surface area contributed by atoms with Crippen molar-refractivity contribution in [3.8, 4) is 11.5 Å². The molecule has 16 heavy (non-hydrogen) atoms. The Morgan fingerprint density at radius 2 is 2.06 bits per heavy atom. The number of hydrogen-bond donors (Lipinski definition) is 3. The molecule has 0 aromatic heterocycles. The number of methoxy groups -OCH3 is 1. The summed E-state index contributed by atoms with van der Waals surface area (Å²) in [6, 6.07) is 1.14. The molecule has 5 heteroatoms. The van der Waals surface area contributed by atoms with E-state index in [2.05, 4.69) is 0 Å². The molecule has 0 aliphatic carbocycles. The number of phenolic OH excluding ortho intramolecular Hbond substituents is 1. The molecule has 0 bridgehead atoms. The van der Waals surface area contributed by atoms with Gasteiger partial charge < -0.3 is 20.7 Å². The Morgan fingerprint density at radius 3 is 2.50 bits per heavy atom. The Kier molecular flexibility index (Phi) is 4.02. The first kappa shape index (κ1) is 13.1. The number of aliphatic hydroxyl groups excluding tert-OH is 1. The molecular weight excluding hydrogens is 230 g/mol. The van der Waals surface area contributed by atoms with Crippen LogP contribution in [0.1, 0.15) is 24.2 Å². The van der Waals surface area contributed by atoms with Crippen LogP contribution >= 0.6 is 11.6 Å². The SMILES string of the molecule is COc1c(Cl)cc(C)c(C(O)C(C)N)c1O. The molecule has 2 unspecified atom stereocenters. The zero-order valence-corrected chi connectivity index (χ0v) is 10.2. The summed E-state index contributed by atoms with van der Waals surface area (Å²) in [7, 11) is 1.40. The zero-order chi connectivity index (χ0) is 12.5. The molecule has 0 fully saturated rings. The fourth-order valence-corrected chi connectivity index (χ4v) is 1.92. The summed E-state index contributed by atoms with van der Waals surface area (Å²) in [4.78, 5) is 0. The van der Waals surface area contributed by atoms with Gasteiger partial charge in [0.15, 0.2) is 11.5 Å². The van der Waals surface area contributed by atoms with Crippen molar-refractivity contribution >= 4 is 11.6 Å². The average molecular weight is 246 g/mol. The third kappa shape index (κ3) is 2.24. The number of phenols is 1. The number of nitrogens with two attached hydrogens (primary N) is 1. The van der Waals surface area contributed by atoms with Gasteiger partial charge in [0.2, 0.25) is 0 Å². The number of halogens is 1. The fraction of sp³-hybridized carbons (Fsp3) is 0.455. The quantitative estimate of drug-likeness (QED) is 0.758. The molecule has 90 valence electrons. The van der Waals surface area contributed by atoms with Crippen LogP contribution in [0.2, 0.25) is 5.02 Å². The highest BCUT2D eigenvalue weighted by Crippen LogP contribution is 2.42. The van der Waals surface area contributed by atoms with Gasteiger partial charge >= 0.3 is 0 Å². The maximum Gasteiger partial charge on any atom is 0.179 e. The molecule has 0 aliphatic heterocycles. The Hall–Kier alpha value is -0.970. The molecule has 0 saturated carbocycles. The fourth-order valence-electron chi connectivity index (χ4n) is 1.59. The topological polar surface area (TPSA) is 75.7 Å². The highest BCUT2D eigenvalue weighted by molar-refractivity contribution is 6.32. The monoisotopic (exact) mass is 245 g/mol. The first-order chi connectivity index (χ1) is 7.40. The Balaban J connectivity index is 3.39. The van der Waals surface area contributed by atoms with Crippen molar-refractivity contribution in [1.82, 2.24) is 0 Å². The van der Waals surface area contributed by atoms with Crippen molar-refractivity contribution in [2.75, 3.05) is 7.11 Å². The van der Waals surface area contributed by atoms with E-state index >= 15 is 0 Å². The molecule has 0 spiro atoms. The lowest BCUT2D eigenvalue weighted by Crippen LogP contribution is -2.25. The molecule has 0 radical (unpaired) electrons. The van der Waals surface area contributed by atoms with Gasteiger partial charge in [-0.1, -0.05) is 11.6 Å². The average Bonchev–Trinajstić information content (AvgIpc) is 2.17. The lowest BCUT2D eigenvalue weighted by atomic mass is 9.97. The molecule has 2 atom stereocenters. The van der Waals surface area contributed by atoms with Gasteiger partial charge in [0, 0.05) is 11.6 Å². The minimum Gasteiger partial charge on any atom is -0.504 e. The van der Waals surface area contributed by atoms with Crippen LogP contribution in [0.25, 0.3) is 0 Å². The highest BCUT2D eigenvalue weighted by Gasteiger charge is 2.23. The van der Waals surface area contributed by atoms with Crippen LogP contribution in [0.3, 0.4) is 0 Å². The summed E-state index contributed by atoms with van der Waals surface area (Å²) in [5.41, 5.74) is 6.63. The van der Waals surface area contributed by atoms with E-state index < -0.39 is 12.1 Å². The van der Waals surface area contributed by atoms with Gasteiger partial charge in [-0.2, -0.15) is 0 Å². The standard InChI is InChI=1S/C11H16ClNO3/c1-5-4-7(12)11(16-3)10(15)8(5)9(14)6(2)13/h4,6,9,14-15H,13H2,1-3H3. The van der Waals surface area contributed by atoms with Crippen LogP contribution in [-0.4, -0.2) is 23.4 Å². The predicted octanol–water partition coefficient (Wildman–Crippen LogP) is 1.74. The van der Waals surface area contributed by atoms with Crippen LogP contribution in [-0.2, 0) is 0 Å². The van der Waals surface area contributed by atoms with E-state index in [1.165, 1.54) is 7.11 Å². The van der Waals surface area contributed by atoms with E-state index in [4.69, 9.17) is 22.1 Å². The zero-order valence-electron chi connectivity index (χ0n) is 9.49. The predicted molar refractivity (Wildman–Crippen MR) is 63.0 cm³/mol. The molecule has 1 aromatic carbocycles. The molecule has 1 rings (SSSR count). The first-order valence-electron chi connectivity index (χ1n) is 4.89. The summed E-state index contributed by atoms with van der Waals surface area (Å²) in [6.45, 7) is 3.40. The van der Waals surface area contributed by atoms with Gasteiger partial charge in [0.05, 0.1) is 18.2 Å². The number of hydrogen-bond acceptors (Lipinski definition) is 4. The smallest absolute Gasteiger partial charge is 0.179 e. The summed E-state index contributed by atoms with van der Waals surface area (Å²) in [6.07, 6.45) is -0.953. The second-order valence-electron chi connectivity index (χ2n) is 3.77. The van der Waals surface area contributed by atoms with E-state index in [1.807, 2.05) is 0 Å². The van der Waals surface area contributed by atoms with Crippen molar-refractivity contribution in [2.45, 2.75) is 26.0 Å². The van der Waals surface area contributed by atoms with Crippen LogP contribution < -0.4 is 10.5 Å². The van der Waals surface area contributed by atoms with Crippen LogP contribution in [0, 0.1) is 6.92 Å². The van der Waals surface area contributed by atoms with Crippen molar-refractivity contribution in [2.24, 2.45) is 5.73 Å². The number of rotatable bonds is 3. The van der Waals surface area contributed by atoms with Gasteiger partial charge in [-0.15, -0.1) is 0 Å². The maximum atomic E-state index is 9.94. The largest absolute Gasteiger partial charge is 0.504 e. The van der Waals surface area contributed by atoms with Gasteiger partial charge in [0.25, 0.3) is 0 Å². The summed E-state index contributed by atoms with van der Waals surface area (Å²) in [5, 5.41) is 20.1. The molecule has 0 amide bonds. The maximum absolute atomic E-state index is 9.94. The first-order valence-corrected chi connectivity index (χ1v) is 5.27. The van der Waals surface area contributed by atoms with Crippen LogP contribution in [0.4, 0.5) is 0 Å². The number of ether oxygens (including phenoxy) is 1. The summed E-state index contributed by atoms with van der Waals surface area (Å²) in [5.74, 6) is -0.000679. The number of aromatic hydroxyl groups is 1. The van der Waals surface area contributed by atoms with Crippen molar-refractivity contribution in [3.63, 3.8) is 0 Å². The number of benzene rings is 1. The number of aryl methyl sites for hydroxylation is 1. The second kappa shape index (κ2) is 4.91. The van der Waals surface area contributed by atoms with Crippen molar-refractivity contribution in [3.05, 3.63) is 22.2 Å². The molecule has 4 nitrogen and oxygen atoms in total. The molecule has 0 aliphatic rings. The van der Waals surface area contributed by atoms with E-state index in [1.54, 1.807) is 19.9 Å².